The van der Waals surface area contributed by atoms with Gasteiger partial charge in [0.1, 0.15) is 6.10 Å². The Labute approximate surface area is 547 Å². The number of nitrogens with zero attached hydrogens (tertiary/aromatic N) is 10. The smallest absolute Gasteiger partial charge is 0.292 e. The number of carbonyl (C=O) groups is 4. The predicted molar refractivity (Wildman–Crippen MR) is 358 cm³/mol. The van der Waals surface area contributed by atoms with Gasteiger partial charge < -0.3 is 39.2 Å². The van der Waals surface area contributed by atoms with Crippen LogP contribution in [0, 0.1) is 5.92 Å². The summed E-state index contributed by atoms with van der Waals surface area (Å²) in [6, 6.07) is 9.91. The second-order valence-electron chi connectivity index (χ2n) is 24.8. The standard InChI is InChI=1S/C17H22N4OS.C17H21N3O2S.C16H20N4OS.C15H17N3O3S.CH4/c1-20-6-7-21(15-5-3-2-4-14(15)20)17(22)12-8-16(23-11-12)13-9-18-19-10-13;18-17-19-9-14(22-17)15-8-12(10-23-15)16(21)20-7-3-5-11-4-1-2-6-13(11)20;21-16(12-7-15(22-11-12)13-8-17-18-9-13)20-6-5-19-4-2-1-3-14(19)10-20;19-15(10-5-14(22-9-10)11-6-16-17-7-11)18-2-1-12-13(8-18)21-4-3-20-12;/h8-11,14-15H,2-7H2,1H3,(H,18,19);8-11,13H,1-7H2,(H2,18,19);7-9,11,14H,1-6,10H2,(H,17,18);5-7,9,12-13H,1-4,8H2,(H,16,17);1H4. The fourth-order valence-corrected chi connectivity index (χ4v) is 17.9. The molecule has 4 amide bonds. The molecule has 91 heavy (non-hydrogen) atoms. The molecule has 21 nitrogen and oxygen atoms in total. The molecular weight excluding hydrogens is 1230 g/mol. The summed E-state index contributed by atoms with van der Waals surface area (Å²) in [4.78, 5) is 72.6. The summed E-state index contributed by atoms with van der Waals surface area (Å²) in [5.41, 5.74) is 11.7. The van der Waals surface area contributed by atoms with Crippen LogP contribution in [0.1, 0.15) is 139 Å². The highest BCUT2D eigenvalue weighted by Gasteiger charge is 2.41. The number of nitrogens with two attached hydrogens (primary N) is 1. The van der Waals surface area contributed by atoms with E-state index >= 15 is 0 Å². The number of rotatable bonds is 8. The minimum atomic E-state index is 0. The molecule has 25 heteroatoms. The normalized spacial score (nSPS) is 24.1. The largest absolute Gasteiger partial charge is 0.423 e. The molecule has 6 saturated heterocycles. The lowest BCUT2D eigenvalue weighted by molar-refractivity contribution is -0.160. The van der Waals surface area contributed by atoms with Gasteiger partial charge in [-0.05, 0) is 102 Å². The van der Waals surface area contributed by atoms with Crippen molar-refractivity contribution in [3.05, 3.63) is 111 Å². The number of thiophene rings is 4. The number of carbonyl (C=O) groups excluding carboxylic acids is 4. The molecule has 0 aromatic carbocycles. The fraction of sp³-hybridized carbons (Fsp3) is 0.515. The van der Waals surface area contributed by atoms with Gasteiger partial charge in [0.05, 0.1) is 71.2 Å². The van der Waals surface area contributed by atoms with Gasteiger partial charge in [-0.25, -0.2) is 4.98 Å². The molecule has 8 aromatic heterocycles. The second kappa shape index (κ2) is 29.8. The summed E-state index contributed by atoms with van der Waals surface area (Å²) in [6.45, 7) is 9.28. The molecule has 8 fully saturated rings. The zero-order chi connectivity index (χ0) is 61.5. The summed E-state index contributed by atoms with van der Waals surface area (Å²) < 4.78 is 16.8. The Morgan fingerprint density at radius 2 is 1.02 bits per heavy atom. The van der Waals surface area contributed by atoms with E-state index < -0.39 is 0 Å². The third kappa shape index (κ3) is 14.8. The van der Waals surface area contributed by atoms with E-state index in [-0.39, 0.29) is 49.3 Å². The molecule has 7 unspecified atom stereocenters. The lowest BCUT2D eigenvalue weighted by atomic mass is 9.78. The van der Waals surface area contributed by atoms with Gasteiger partial charge in [0.25, 0.3) is 29.6 Å². The number of piperazine rings is 2. The Bertz CT molecular complexity index is 3520. The summed E-state index contributed by atoms with van der Waals surface area (Å²) in [6.07, 6.45) is 29.6. The van der Waals surface area contributed by atoms with E-state index in [2.05, 4.69) is 62.2 Å². The molecule has 0 radical (unpaired) electrons. The minimum Gasteiger partial charge on any atom is -0.423 e. The number of amides is 4. The molecule has 2 saturated carbocycles. The first-order valence-electron chi connectivity index (χ1n) is 32.0. The Morgan fingerprint density at radius 1 is 0.505 bits per heavy atom. The molecule has 14 heterocycles. The van der Waals surface area contributed by atoms with Crippen LogP contribution in [0.15, 0.2) is 93.6 Å². The summed E-state index contributed by atoms with van der Waals surface area (Å²) in [5.74, 6) is 1.93. The number of fused-ring (bicyclic) bond motifs is 4. The number of nitrogen functional groups attached to an aromatic ring is 1. The number of H-pyrrole nitrogens is 3. The van der Waals surface area contributed by atoms with Gasteiger partial charge in [-0.3, -0.25) is 44.3 Å². The fourth-order valence-electron chi connectivity index (χ4n) is 14.5. The van der Waals surface area contributed by atoms with Crippen LogP contribution in [0.2, 0.25) is 0 Å². The van der Waals surface area contributed by atoms with Gasteiger partial charge in [-0.1, -0.05) is 39.5 Å². The maximum atomic E-state index is 13.0. The van der Waals surface area contributed by atoms with Crippen molar-refractivity contribution in [3.8, 4) is 42.0 Å². The van der Waals surface area contributed by atoms with Crippen LogP contribution < -0.4 is 5.73 Å². The first-order valence-corrected chi connectivity index (χ1v) is 35.5. The van der Waals surface area contributed by atoms with E-state index in [4.69, 9.17) is 19.6 Å². The van der Waals surface area contributed by atoms with E-state index in [1.54, 1.807) is 58.8 Å². The van der Waals surface area contributed by atoms with Gasteiger partial charge >= 0.3 is 0 Å². The van der Waals surface area contributed by atoms with E-state index in [1.165, 1.54) is 82.1 Å². The Hall–Kier alpha value is -6.84. The van der Waals surface area contributed by atoms with E-state index in [0.717, 1.165) is 130 Å². The maximum Gasteiger partial charge on any atom is 0.292 e. The summed E-state index contributed by atoms with van der Waals surface area (Å²) >= 11 is 6.28. The average molecular weight is 1310 g/mol. The van der Waals surface area contributed by atoms with Crippen molar-refractivity contribution in [1.82, 2.24) is 65.0 Å². The van der Waals surface area contributed by atoms with Gasteiger partial charge in [0.15, 0.2) is 5.76 Å². The number of likely N-dealkylation sites (tertiary alicyclic amines) is 2. The quantitative estimate of drug-likeness (QED) is 0.111. The van der Waals surface area contributed by atoms with Crippen LogP contribution in [0.4, 0.5) is 6.01 Å². The van der Waals surface area contributed by atoms with Crippen molar-refractivity contribution < 1.29 is 33.1 Å². The van der Waals surface area contributed by atoms with Crippen LogP contribution in [0.3, 0.4) is 0 Å². The van der Waals surface area contributed by atoms with Crippen LogP contribution in [-0.2, 0) is 9.47 Å². The number of aromatic amines is 3. The minimum absolute atomic E-state index is 0. The predicted octanol–water partition coefficient (Wildman–Crippen LogP) is 11.5. The first kappa shape index (κ1) is 64.3. The number of piperidine rings is 3. The Balaban J connectivity index is 0.000000117. The molecule has 7 atom stereocenters. The van der Waals surface area contributed by atoms with Crippen LogP contribution in [-0.4, -0.2) is 204 Å². The van der Waals surface area contributed by atoms with Crippen LogP contribution in [0.25, 0.3) is 42.0 Å². The Morgan fingerprint density at radius 3 is 1.62 bits per heavy atom. The third-order valence-corrected chi connectivity index (χ3v) is 23.2. The molecule has 0 bridgehead atoms. The van der Waals surface area contributed by atoms with Crippen LogP contribution >= 0.6 is 45.3 Å². The monoisotopic (exact) mass is 1310 g/mol. The molecule has 8 aromatic rings. The molecule has 2 aliphatic carbocycles. The maximum absolute atomic E-state index is 13.0. The molecule has 8 aliphatic rings. The zero-order valence-corrected chi connectivity index (χ0v) is 54.2. The number of hydrogen-bond donors (Lipinski definition) is 4. The summed E-state index contributed by atoms with van der Waals surface area (Å²) in [7, 11) is 2.20. The number of likely N-dealkylation sites (N-methyl/N-ethyl adjacent to an activating group) is 1. The lowest BCUT2D eigenvalue weighted by Crippen LogP contribution is -2.60. The lowest BCUT2D eigenvalue weighted by Gasteiger charge is -2.48. The number of hydrogen-bond acceptors (Lipinski definition) is 18. The number of nitrogens with one attached hydrogen (secondary N) is 3. The molecule has 16 rings (SSSR count). The molecule has 0 spiro atoms. The van der Waals surface area contributed by atoms with E-state index in [0.29, 0.717) is 55.6 Å². The zero-order valence-electron chi connectivity index (χ0n) is 50.9. The van der Waals surface area contributed by atoms with Crippen LogP contribution in [0.5, 0.6) is 0 Å². The SMILES string of the molecule is C.CN1CCN(C(=O)c2csc(-c3cn[nH]c3)c2)C2CCCCC21.Nc1ncc(-c2cc(C(=O)N3CCCC4CCCCC43)cs2)o1.O=C(c1csc(-c2cn[nH]c2)c1)N1CCC2OCCOC2C1.O=C(c1csc(-c2cn[nH]c2)c1)N1CCN2CCCCC2C1. The Kier molecular flexibility index (Phi) is 21.1. The van der Waals surface area contributed by atoms with E-state index in [1.807, 2.05) is 74.2 Å². The topological polar surface area (TPSA) is 244 Å². The van der Waals surface area contributed by atoms with Gasteiger partial charge in [0.2, 0.25) is 0 Å². The van der Waals surface area contributed by atoms with Crippen molar-refractivity contribution in [2.75, 3.05) is 84.9 Å². The van der Waals surface area contributed by atoms with Crippen molar-refractivity contribution in [2.45, 2.75) is 134 Å². The number of aromatic nitrogens is 7. The van der Waals surface area contributed by atoms with Crippen molar-refractivity contribution in [1.29, 1.82) is 0 Å². The van der Waals surface area contributed by atoms with Crippen molar-refractivity contribution in [3.63, 3.8) is 0 Å². The summed E-state index contributed by atoms with van der Waals surface area (Å²) in [5, 5.41) is 28.1. The second-order valence-corrected chi connectivity index (χ2v) is 28.4. The van der Waals surface area contributed by atoms with Gasteiger partial charge in [0, 0.05) is 148 Å². The number of oxazole rings is 1. The van der Waals surface area contributed by atoms with E-state index in [9.17, 15) is 19.2 Å². The van der Waals surface area contributed by atoms with Gasteiger partial charge in [-0.15, -0.1) is 45.3 Å². The highest BCUT2D eigenvalue weighted by molar-refractivity contribution is 7.14. The molecule has 6 aliphatic heterocycles. The molecular formula is C66H84N14O7S4. The highest BCUT2D eigenvalue weighted by atomic mass is 32.1. The first-order chi connectivity index (χ1) is 44.1. The number of anilines is 1. The molecule has 484 valence electrons. The van der Waals surface area contributed by atoms with Crippen molar-refractivity contribution >= 4 is 75.0 Å². The molecule has 5 N–H and O–H groups in total. The third-order valence-electron chi connectivity index (χ3n) is 19.3. The average Bonchev–Trinajstić information content (AvgIpc) is 2.01. The number of ether oxygens (including phenoxy) is 2. The van der Waals surface area contributed by atoms with Gasteiger partial charge in [-0.2, -0.15) is 15.3 Å². The van der Waals surface area contributed by atoms with Crippen molar-refractivity contribution in [2.24, 2.45) is 5.92 Å². The highest BCUT2D eigenvalue weighted by Crippen LogP contribution is 2.39.